The highest BCUT2D eigenvalue weighted by molar-refractivity contribution is 5.83. The minimum Gasteiger partial charge on any atom is -0.394 e. The molecule has 2 aromatic heterocycles. The average Bonchev–Trinajstić information content (AvgIpc) is 3.29. The van der Waals surface area contributed by atoms with Gasteiger partial charge in [0.1, 0.15) is 18.5 Å². The van der Waals surface area contributed by atoms with Gasteiger partial charge >= 0.3 is 0 Å². The molecule has 0 bridgehead atoms. The maximum absolute atomic E-state index is 12.4. The van der Waals surface area contributed by atoms with Crippen LogP contribution in [0.4, 0.5) is 5.82 Å². The normalized spacial score (nSPS) is 24.4. The van der Waals surface area contributed by atoms with Gasteiger partial charge in [-0.25, -0.2) is 15.0 Å². The van der Waals surface area contributed by atoms with Crippen molar-refractivity contribution in [2.24, 2.45) is 10.8 Å². The zero-order valence-electron chi connectivity index (χ0n) is 16.5. The number of carbonyl (C=O) groups is 1. The number of nitrogens with zero attached hydrogens (tertiary/aromatic N) is 8. The van der Waals surface area contributed by atoms with Gasteiger partial charge in [-0.1, -0.05) is 5.11 Å². The fourth-order valence-corrected chi connectivity index (χ4v) is 3.30. The first-order valence-electron chi connectivity index (χ1n) is 9.25. The van der Waals surface area contributed by atoms with Gasteiger partial charge in [-0.15, -0.1) is 0 Å². The molecule has 14 heteroatoms. The number of rotatable bonds is 8. The minimum atomic E-state index is -1.20. The summed E-state index contributed by atoms with van der Waals surface area (Å²) in [5.74, 6) is 0.0448. The molecule has 1 aliphatic heterocycles. The number of nitrogens with two attached hydrogens (primary N) is 1. The number of imidazole rings is 1. The van der Waals surface area contributed by atoms with Crippen LogP contribution >= 0.6 is 0 Å². The summed E-state index contributed by atoms with van der Waals surface area (Å²) in [6.07, 6.45) is -0.0330. The van der Waals surface area contributed by atoms with Crippen LogP contribution in [0.1, 0.15) is 12.6 Å². The number of hydrogen-bond acceptors (Lipinski definition) is 10. The van der Waals surface area contributed by atoms with Crippen LogP contribution in [0.25, 0.3) is 21.6 Å². The quantitative estimate of drug-likeness (QED) is 0.226. The monoisotopic (exact) mass is 420 g/mol. The number of nitrogens with one attached hydrogen (secondary N) is 1. The molecule has 3 rings (SSSR count). The molecule has 0 spiro atoms. The van der Waals surface area contributed by atoms with E-state index in [1.165, 1.54) is 17.2 Å². The van der Waals surface area contributed by atoms with Crippen molar-refractivity contribution in [2.45, 2.75) is 36.9 Å². The highest BCUT2D eigenvalue weighted by Crippen LogP contribution is 2.32. The van der Waals surface area contributed by atoms with E-state index in [1.807, 2.05) is 14.1 Å². The van der Waals surface area contributed by atoms with Gasteiger partial charge in [-0.3, -0.25) is 9.36 Å². The smallest absolute Gasteiger partial charge is 0.237 e. The molecule has 0 aliphatic carbocycles. The van der Waals surface area contributed by atoms with Crippen molar-refractivity contribution in [2.75, 3.05) is 32.1 Å². The molecule has 1 aliphatic rings. The van der Waals surface area contributed by atoms with Gasteiger partial charge in [0.2, 0.25) is 5.91 Å². The molecular formula is C16H24N10O4. The number of aliphatic hydroxyl groups is 2. The lowest BCUT2D eigenvalue weighted by Gasteiger charge is -2.22. The fourth-order valence-electron chi connectivity index (χ4n) is 3.30. The van der Waals surface area contributed by atoms with Crippen LogP contribution in [0.3, 0.4) is 0 Å². The third kappa shape index (κ3) is 4.13. The van der Waals surface area contributed by atoms with Crippen LogP contribution in [0.2, 0.25) is 0 Å². The van der Waals surface area contributed by atoms with Crippen molar-refractivity contribution in [3.63, 3.8) is 0 Å². The maximum Gasteiger partial charge on any atom is 0.237 e. The number of anilines is 1. The van der Waals surface area contributed by atoms with E-state index in [2.05, 4.69) is 30.3 Å². The summed E-state index contributed by atoms with van der Waals surface area (Å²) in [5.41, 5.74) is 15.1. The first-order chi connectivity index (χ1) is 14.4. The standard InChI is InChI=1S/C16H24N10O4/c1-25(2)13-11-14(20-6-19-13)26(7-21-11)16-12(28)10(9(5-27)30-16)23-15(29)8(17)3-4-22-24-18/h6-10,12,16,27-28H,3-5,17H2,1-2H3,(H,23,29)/t8-,9+,10?,12-,16+/m0/s1. The second kappa shape index (κ2) is 9.19. The molecule has 1 saturated heterocycles. The molecule has 1 unspecified atom stereocenters. The Bertz CT molecular complexity index is 943. The van der Waals surface area contributed by atoms with Gasteiger partial charge < -0.3 is 30.9 Å². The number of amides is 1. The largest absolute Gasteiger partial charge is 0.394 e. The summed E-state index contributed by atoms with van der Waals surface area (Å²) in [5, 5.41) is 26.5. The molecule has 0 saturated carbocycles. The number of fused-ring (bicyclic) bond motifs is 1. The maximum atomic E-state index is 12.4. The number of carbonyl (C=O) groups excluding carboxylic acids is 1. The second-order valence-corrected chi connectivity index (χ2v) is 7.04. The fraction of sp³-hybridized carbons (Fsp3) is 0.625. The van der Waals surface area contributed by atoms with Crippen LogP contribution in [0.15, 0.2) is 17.8 Å². The van der Waals surface area contributed by atoms with Crippen LogP contribution in [-0.4, -0.2) is 87.2 Å². The molecular weight excluding hydrogens is 396 g/mol. The van der Waals surface area contributed by atoms with Gasteiger partial charge in [0, 0.05) is 25.6 Å². The van der Waals surface area contributed by atoms with E-state index in [-0.39, 0.29) is 13.0 Å². The highest BCUT2D eigenvalue weighted by atomic mass is 16.5. The van der Waals surface area contributed by atoms with E-state index in [0.717, 1.165) is 0 Å². The molecule has 1 fully saturated rings. The highest BCUT2D eigenvalue weighted by Gasteiger charge is 2.46. The molecule has 5 N–H and O–H groups in total. The Morgan fingerprint density at radius 2 is 2.27 bits per heavy atom. The predicted octanol–water partition coefficient (Wildman–Crippen LogP) is -1.34. The summed E-state index contributed by atoms with van der Waals surface area (Å²) in [4.78, 5) is 29.5. The molecule has 2 aromatic rings. The Morgan fingerprint density at radius 1 is 1.50 bits per heavy atom. The Labute approximate surface area is 171 Å². The lowest BCUT2D eigenvalue weighted by atomic mass is 10.1. The molecule has 14 nitrogen and oxygen atoms in total. The Balaban J connectivity index is 1.81. The van der Waals surface area contributed by atoms with E-state index in [9.17, 15) is 15.0 Å². The van der Waals surface area contributed by atoms with Gasteiger partial charge in [0.15, 0.2) is 23.2 Å². The summed E-state index contributed by atoms with van der Waals surface area (Å²) in [7, 11) is 3.64. The summed E-state index contributed by atoms with van der Waals surface area (Å²) in [6, 6.07) is -1.85. The van der Waals surface area contributed by atoms with E-state index in [0.29, 0.717) is 17.0 Å². The molecule has 3 heterocycles. The summed E-state index contributed by atoms with van der Waals surface area (Å²) in [6.45, 7) is -0.368. The van der Waals surface area contributed by atoms with E-state index >= 15 is 0 Å². The van der Waals surface area contributed by atoms with Crippen molar-refractivity contribution >= 4 is 22.9 Å². The van der Waals surface area contributed by atoms with Crippen LogP contribution < -0.4 is 16.0 Å². The van der Waals surface area contributed by atoms with Crippen molar-refractivity contribution < 1.29 is 19.7 Å². The predicted molar refractivity (Wildman–Crippen MR) is 105 cm³/mol. The van der Waals surface area contributed by atoms with E-state index in [4.69, 9.17) is 16.0 Å². The van der Waals surface area contributed by atoms with Crippen molar-refractivity contribution in [1.82, 2.24) is 24.8 Å². The molecule has 5 atom stereocenters. The van der Waals surface area contributed by atoms with Crippen LogP contribution in [0.5, 0.6) is 0 Å². The third-order valence-corrected chi connectivity index (χ3v) is 4.84. The number of ether oxygens (including phenoxy) is 1. The summed E-state index contributed by atoms with van der Waals surface area (Å²) >= 11 is 0. The Hall–Kier alpha value is -3.03. The molecule has 162 valence electrons. The number of aromatic nitrogens is 4. The Morgan fingerprint density at radius 3 is 2.93 bits per heavy atom. The minimum absolute atomic E-state index is 0.0653. The molecule has 1 amide bonds. The average molecular weight is 420 g/mol. The van der Waals surface area contributed by atoms with Crippen molar-refractivity contribution in [3.8, 4) is 0 Å². The number of azide groups is 1. The lowest BCUT2D eigenvalue weighted by molar-refractivity contribution is -0.124. The third-order valence-electron chi connectivity index (χ3n) is 4.84. The first-order valence-corrected chi connectivity index (χ1v) is 9.25. The second-order valence-electron chi connectivity index (χ2n) is 7.04. The summed E-state index contributed by atoms with van der Waals surface area (Å²) < 4.78 is 7.33. The van der Waals surface area contributed by atoms with Crippen LogP contribution in [0, 0.1) is 0 Å². The van der Waals surface area contributed by atoms with Crippen molar-refractivity contribution in [3.05, 3.63) is 23.1 Å². The lowest BCUT2D eigenvalue weighted by Crippen LogP contribution is -2.53. The zero-order chi connectivity index (χ0) is 21.8. The number of hydrogen-bond donors (Lipinski definition) is 4. The molecule has 0 radical (unpaired) electrons. The zero-order valence-corrected chi connectivity index (χ0v) is 16.5. The van der Waals surface area contributed by atoms with Gasteiger partial charge in [0.25, 0.3) is 0 Å². The number of aliphatic hydroxyl groups excluding tert-OH is 2. The van der Waals surface area contributed by atoms with Gasteiger partial charge in [0.05, 0.1) is 25.0 Å². The first kappa shape index (κ1) is 21.7. The Kier molecular flexibility index (Phi) is 6.64. The van der Waals surface area contributed by atoms with E-state index < -0.39 is 43.0 Å². The van der Waals surface area contributed by atoms with Gasteiger partial charge in [-0.2, -0.15) is 0 Å². The topological polar surface area (TPSA) is 200 Å². The SMILES string of the molecule is CN(C)c1ncnc2c1ncn2[C@@H]1O[C@H](CO)C(NC(=O)[C@@H](N)CCN=[N+]=[N-])[C@@H]1O. The van der Waals surface area contributed by atoms with Gasteiger partial charge in [-0.05, 0) is 12.0 Å². The molecule has 0 aromatic carbocycles. The van der Waals surface area contributed by atoms with Crippen molar-refractivity contribution in [1.29, 1.82) is 0 Å². The van der Waals surface area contributed by atoms with Crippen LogP contribution in [-0.2, 0) is 9.53 Å². The van der Waals surface area contributed by atoms with E-state index in [1.54, 1.807) is 4.90 Å². The molecule has 30 heavy (non-hydrogen) atoms.